The standard InChI is InChI=1S/C30H32ClF4N3O4S/c1-29(2,3)36-17-19-13-27-23(15-24(19)31)25(11-12-42-27)37-28(39)16-26(18-7-9-21(32)10-8-18)38-43(40,41)22-6-4-5-20(14-22)30(33,34)35/h4-10,13-15,25-26,36,38H,11-12,16-17H2,1-3H3,(H,37,39). The number of amides is 1. The van der Waals surface area contributed by atoms with Gasteiger partial charge in [0.05, 0.1) is 29.1 Å². The van der Waals surface area contributed by atoms with Crippen LogP contribution in [0.1, 0.15) is 68.0 Å². The van der Waals surface area contributed by atoms with Crippen LogP contribution < -0.4 is 20.1 Å². The van der Waals surface area contributed by atoms with Crippen LogP contribution in [0.15, 0.2) is 65.6 Å². The van der Waals surface area contributed by atoms with E-state index in [-0.39, 0.29) is 11.1 Å². The van der Waals surface area contributed by atoms with Crippen LogP contribution in [-0.4, -0.2) is 26.5 Å². The van der Waals surface area contributed by atoms with Crippen LogP contribution in [0.25, 0.3) is 0 Å². The Hall–Kier alpha value is -3.19. The molecular weight excluding hydrogens is 610 g/mol. The third-order valence-electron chi connectivity index (χ3n) is 6.79. The second-order valence-electron chi connectivity index (χ2n) is 11.3. The molecule has 1 aliphatic heterocycles. The number of hydrogen-bond donors (Lipinski definition) is 3. The van der Waals surface area contributed by atoms with E-state index in [1.165, 1.54) is 12.1 Å². The topological polar surface area (TPSA) is 96.5 Å². The summed E-state index contributed by atoms with van der Waals surface area (Å²) >= 11 is 6.55. The first-order valence-electron chi connectivity index (χ1n) is 13.5. The van der Waals surface area contributed by atoms with Gasteiger partial charge < -0.3 is 15.4 Å². The van der Waals surface area contributed by atoms with E-state index in [1.807, 2.05) is 26.8 Å². The van der Waals surface area contributed by atoms with Gasteiger partial charge in [0.2, 0.25) is 15.9 Å². The Kier molecular flexibility index (Phi) is 9.75. The maximum absolute atomic E-state index is 13.6. The Morgan fingerprint density at radius 3 is 2.42 bits per heavy atom. The van der Waals surface area contributed by atoms with Gasteiger partial charge in [-0.1, -0.05) is 29.8 Å². The zero-order chi connectivity index (χ0) is 31.6. The van der Waals surface area contributed by atoms with Crippen molar-refractivity contribution in [1.29, 1.82) is 0 Å². The lowest BCUT2D eigenvalue weighted by Gasteiger charge is -2.29. The summed E-state index contributed by atoms with van der Waals surface area (Å²) in [4.78, 5) is 12.7. The maximum atomic E-state index is 13.6. The van der Waals surface area contributed by atoms with E-state index in [1.54, 1.807) is 6.07 Å². The lowest BCUT2D eigenvalue weighted by Crippen LogP contribution is -2.37. The Balaban J connectivity index is 1.55. The summed E-state index contributed by atoms with van der Waals surface area (Å²) in [5.41, 5.74) is 0.453. The van der Waals surface area contributed by atoms with E-state index in [9.17, 15) is 30.8 Å². The van der Waals surface area contributed by atoms with Gasteiger partial charge in [-0.3, -0.25) is 4.79 Å². The second kappa shape index (κ2) is 12.8. The Bertz CT molecular complexity index is 1580. The Labute approximate surface area is 253 Å². The molecule has 0 fully saturated rings. The Morgan fingerprint density at radius 2 is 1.77 bits per heavy atom. The van der Waals surface area contributed by atoms with Crippen LogP contribution in [0.5, 0.6) is 5.75 Å². The van der Waals surface area contributed by atoms with Crippen molar-refractivity contribution in [2.75, 3.05) is 6.61 Å². The van der Waals surface area contributed by atoms with E-state index in [0.29, 0.717) is 42.0 Å². The molecule has 3 aromatic carbocycles. The second-order valence-corrected chi connectivity index (χ2v) is 13.4. The summed E-state index contributed by atoms with van der Waals surface area (Å²) in [6, 6.07) is 9.92. The van der Waals surface area contributed by atoms with Crippen LogP contribution in [0.4, 0.5) is 17.6 Å². The first kappa shape index (κ1) is 32.7. The molecule has 0 saturated carbocycles. The van der Waals surface area contributed by atoms with Crippen molar-refractivity contribution < 1.29 is 35.5 Å². The van der Waals surface area contributed by atoms with Crippen LogP contribution >= 0.6 is 11.6 Å². The zero-order valence-electron chi connectivity index (χ0n) is 23.7. The van der Waals surface area contributed by atoms with Gasteiger partial charge in [0, 0.05) is 35.5 Å². The molecule has 1 amide bonds. The van der Waals surface area contributed by atoms with Crippen molar-refractivity contribution in [2.45, 2.75) is 68.9 Å². The molecule has 3 N–H and O–H groups in total. The Morgan fingerprint density at radius 1 is 1.07 bits per heavy atom. The molecule has 3 aromatic rings. The van der Waals surface area contributed by atoms with Gasteiger partial charge in [-0.15, -0.1) is 0 Å². The number of carbonyl (C=O) groups excluding carboxylic acids is 1. The molecule has 2 atom stereocenters. The molecule has 2 unspecified atom stereocenters. The van der Waals surface area contributed by atoms with E-state index in [4.69, 9.17) is 16.3 Å². The fourth-order valence-corrected chi connectivity index (χ4v) is 6.06. The van der Waals surface area contributed by atoms with Crippen LogP contribution in [0, 0.1) is 5.82 Å². The third-order valence-corrected chi connectivity index (χ3v) is 8.61. The fraction of sp³-hybridized carbons (Fsp3) is 0.367. The van der Waals surface area contributed by atoms with Gasteiger partial charge in [0.1, 0.15) is 11.6 Å². The van der Waals surface area contributed by atoms with Crippen molar-refractivity contribution in [2.24, 2.45) is 0 Å². The van der Waals surface area contributed by atoms with E-state index >= 15 is 0 Å². The quantitative estimate of drug-likeness (QED) is 0.234. The minimum atomic E-state index is -4.76. The lowest BCUT2D eigenvalue weighted by molar-refractivity contribution is -0.137. The number of halogens is 5. The van der Waals surface area contributed by atoms with Crippen LogP contribution in [-0.2, 0) is 27.5 Å². The highest BCUT2D eigenvalue weighted by Gasteiger charge is 2.33. The van der Waals surface area contributed by atoms with Crippen molar-refractivity contribution in [3.05, 3.63) is 93.8 Å². The summed E-state index contributed by atoms with van der Waals surface area (Å²) in [5, 5.41) is 6.74. The minimum absolute atomic E-state index is 0.139. The number of benzene rings is 3. The van der Waals surface area contributed by atoms with Gasteiger partial charge in [-0.05, 0) is 74.4 Å². The van der Waals surface area contributed by atoms with Gasteiger partial charge in [0.25, 0.3) is 0 Å². The summed E-state index contributed by atoms with van der Waals surface area (Å²) in [6.07, 6.45) is -4.75. The first-order valence-corrected chi connectivity index (χ1v) is 15.3. The summed E-state index contributed by atoms with van der Waals surface area (Å²) in [5.74, 6) is -0.569. The van der Waals surface area contributed by atoms with Gasteiger partial charge in [-0.2, -0.15) is 13.2 Å². The third kappa shape index (κ3) is 8.69. The summed E-state index contributed by atoms with van der Waals surface area (Å²) in [6.45, 7) is 6.90. The van der Waals surface area contributed by atoms with Crippen LogP contribution in [0.3, 0.4) is 0 Å². The smallest absolute Gasteiger partial charge is 0.416 e. The van der Waals surface area contributed by atoms with Crippen molar-refractivity contribution in [3.63, 3.8) is 0 Å². The molecule has 0 aromatic heterocycles. The molecule has 43 heavy (non-hydrogen) atoms. The lowest BCUT2D eigenvalue weighted by atomic mass is 9.97. The van der Waals surface area contributed by atoms with Crippen molar-refractivity contribution in [1.82, 2.24) is 15.4 Å². The number of nitrogens with one attached hydrogen (secondary N) is 3. The molecule has 0 aliphatic carbocycles. The average Bonchev–Trinajstić information content (AvgIpc) is 2.91. The van der Waals surface area contributed by atoms with E-state index < -0.39 is 56.9 Å². The number of hydrogen-bond acceptors (Lipinski definition) is 5. The van der Waals surface area contributed by atoms with Crippen LogP contribution in [0.2, 0.25) is 5.02 Å². The normalized spacial score (nSPS) is 16.2. The summed E-state index contributed by atoms with van der Waals surface area (Å²) in [7, 11) is -4.52. The molecule has 0 bridgehead atoms. The fourth-order valence-electron chi connectivity index (χ4n) is 4.55. The molecule has 232 valence electrons. The molecular formula is C30H32ClF4N3O4S. The molecule has 13 heteroatoms. The molecule has 1 heterocycles. The average molecular weight is 642 g/mol. The van der Waals surface area contributed by atoms with Crippen molar-refractivity contribution in [3.8, 4) is 5.75 Å². The number of alkyl halides is 3. The number of carbonyl (C=O) groups is 1. The van der Waals surface area contributed by atoms with E-state index in [2.05, 4.69) is 15.4 Å². The molecule has 0 radical (unpaired) electrons. The maximum Gasteiger partial charge on any atom is 0.416 e. The highest BCUT2D eigenvalue weighted by Crippen LogP contribution is 2.37. The summed E-state index contributed by atoms with van der Waals surface area (Å²) < 4.78 is 87.8. The highest BCUT2D eigenvalue weighted by atomic mass is 35.5. The number of rotatable bonds is 9. The largest absolute Gasteiger partial charge is 0.493 e. The predicted octanol–water partition coefficient (Wildman–Crippen LogP) is 6.44. The molecule has 7 nitrogen and oxygen atoms in total. The van der Waals surface area contributed by atoms with Gasteiger partial charge in [-0.25, -0.2) is 17.5 Å². The molecule has 0 saturated heterocycles. The minimum Gasteiger partial charge on any atom is -0.493 e. The van der Waals surface area contributed by atoms with Gasteiger partial charge >= 0.3 is 6.18 Å². The predicted molar refractivity (Wildman–Crippen MR) is 155 cm³/mol. The highest BCUT2D eigenvalue weighted by molar-refractivity contribution is 7.89. The number of fused-ring (bicyclic) bond motifs is 1. The number of ether oxygens (including phenoxy) is 1. The number of sulfonamides is 1. The molecule has 4 rings (SSSR count). The molecule has 1 aliphatic rings. The zero-order valence-corrected chi connectivity index (χ0v) is 25.3. The van der Waals surface area contributed by atoms with Gasteiger partial charge in [0.15, 0.2) is 0 Å². The monoisotopic (exact) mass is 641 g/mol. The SMILES string of the molecule is CC(C)(C)NCc1cc2c(cc1Cl)C(NC(=O)CC(NS(=O)(=O)c1cccc(C(F)(F)F)c1)c1ccc(F)cc1)CCO2. The van der Waals surface area contributed by atoms with E-state index in [0.717, 1.165) is 35.9 Å². The van der Waals surface area contributed by atoms with Crippen molar-refractivity contribution >= 4 is 27.5 Å². The molecule has 0 spiro atoms. The first-order chi connectivity index (χ1) is 20.0.